The molecule has 0 aliphatic rings. The summed E-state index contributed by atoms with van der Waals surface area (Å²) in [4.78, 5) is 0.764. The fourth-order valence-corrected chi connectivity index (χ4v) is 2.82. The summed E-state index contributed by atoms with van der Waals surface area (Å²) in [6.07, 6.45) is 0. The van der Waals surface area contributed by atoms with Crippen LogP contribution in [0.5, 0.6) is 0 Å². The monoisotopic (exact) mass is 290 g/mol. The van der Waals surface area contributed by atoms with E-state index in [2.05, 4.69) is 73.0 Å². The molecule has 19 heavy (non-hydrogen) atoms. The molecule has 2 aromatic heterocycles. The second-order valence-corrected chi connectivity index (χ2v) is 7.11. The molecule has 4 nitrogen and oxygen atoms in total. The molecule has 0 bridgehead atoms. The lowest BCUT2D eigenvalue weighted by Gasteiger charge is -2.18. The Labute approximate surface area is 120 Å². The van der Waals surface area contributed by atoms with Crippen molar-refractivity contribution in [1.82, 2.24) is 19.8 Å². The highest BCUT2D eigenvalue weighted by Crippen LogP contribution is 2.26. The summed E-state index contributed by atoms with van der Waals surface area (Å²) < 4.78 is 2.43. The van der Waals surface area contributed by atoms with E-state index in [0.29, 0.717) is 4.34 Å². The molecule has 0 N–H and O–H groups in total. The molecule has 3 aromatic rings. The van der Waals surface area contributed by atoms with Crippen molar-refractivity contribution >= 4 is 28.9 Å². The van der Waals surface area contributed by atoms with Crippen LogP contribution in [0.25, 0.3) is 16.3 Å². The van der Waals surface area contributed by atoms with E-state index in [-0.39, 0.29) is 5.41 Å². The first kappa shape index (κ1) is 12.6. The Morgan fingerprint density at radius 1 is 1.11 bits per heavy atom. The molecule has 3 rings (SSSR count). The second kappa shape index (κ2) is 4.31. The summed E-state index contributed by atoms with van der Waals surface area (Å²) in [6.45, 7) is 6.60. The van der Waals surface area contributed by atoms with Crippen molar-refractivity contribution in [2.45, 2.75) is 30.5 Å². The Morgan fingerprint density at radius 2 is 1.79 bits per heavy atom. The minimum absolute atomic E-state index is 0.150. The van der Waals surface area contributed by atoms with Gasteiger partial charge in [-0.2, -0.15) is 4.52 Å². The summed E-state index contributed by atoms with van der Waals surface area (Å²) in [5, 5.41) is 12.6. The Balaban J connectivity index is 2.07. The Bertz CT molecular complexity index is 719. The minimum Gasteiger partial charge on any atom is -0.182 e. The van der Waals surface area contributed by atoms with Crippen LogP contribution in [0.4, 0.5) is 0 Å². The maximum absolute atomic E-state index is 4.30. The van der Waals surface area contributed by atoms with Crippen LogP contribution in [0.1, 0.15) is 26.3 Å². The SMILES string of the molecule is CC(C)(C)c1ccc(-c2nnc3sc(S)nn23)cc1. The van der Waals surface area contributed by atoms with Gasteiger partial charge in [0.2, 0.25) is 4.96 Å². The predicted octanol–water partition coefficient (Wildman–Crippen LogP) is 3.44. The van der Waals surface area contributed by atoms with Crippen molar-refractivity contribution in [2.75, 3.05) is 0 Å². The van der Waals surface area contributed by atoms with Crippen LogP contribution in [0.2, 0.25) is 0 Å². The first-order valence-corrected chi connectivity index (χ1v) is 7.23. The van der Waals surface area contributed by atoms with Gasteiger partial charge in [-0.25, -0.2) is 0 Å². The van der Waals surface area contributed by atoms with Crippen LogP contribution in [0, 0.1) is 0 Å². The van der Waals surface area contributed by atoms with Gasteiger partial charge in [-0.05, 0) is 11.0 Å². The van der Waals surface area contributed by atoms with E-state index in [4.69, 9.17) is 0 Å². The number of aromatic nitrogens is 4. The third-order valence-electron chi connectivity index (χ3n) is 2.99. The maximum atomic E-state index is 4.30. The van der Waals surface area contributed by atoms with Crippen LogP contribution < -0.4 is 0 Å². The van der Waals surface area contributed by atoms with E-state index in [1.807, 2.05) is 0 Å². The summed E-state index contributed by atoms with van der Waals surface area (Å²) in [7, 11) is 0. The van der Waals surface area contributed by atoms with Crippen LogP contribution in [0.3, 0.4) is 0 Å². The fraction of sp³-hybridized carbons (Fsp3) is 0.308. The zero-order chi connectivity index (χ0) is 13.6. The van der Waals surface area contributed by atoms with E-state index < -0.39 is 0 Å². The topological polar surface area (TPSA) is 43.1 Å². The summed E-state index contributed by atoms with van der Waals surface area (Å²) in [5.41, 5.74) is 2.46. The zero-order valence-corrected chi connectivity index (χ0v) is 12.7. The normalized spacial score (nSPS) is 12.2. The first-order chi connectivity index (χ1) is 8.95. The van der Waals surface area contributed by atoms with E-state index in [0.717, 1.165) is 16.3 Å². The molecule has 0 atom stereocenters. The molecule has 0 saturated heterocycles. The number of rotatable bonds is 1. The molecule has 0 amide bonds. The van der Waals surface area contributed by atoms with Gasteiger partial charge in [0.1, 0.15) is 0 Å². The molecular formula is C13H14N4S2. The third kappa shape index (κ3) is 2.26. The van der Waals surface area contributed by atoms with Gasteiger partial charge in [0.15, 0.2) is 10.2 Å². The van der Waals surface area contributed by atoms with Crippen molar-refractivity contribution in [3.05, 3.63) is 29.8 Å². The number of benzene rings is 1. The van der Waals surface area contributed by atoms with Gasteiger partial charge >= 0.3 is 0 Å². The Hall–Kier alpha value is -1.40. The molecule has 0 spiro atoms. The van der Waals surface area contributed by atoms with Crippen molar-refractivity contribution in [2.24, 2.45) is 0 Å². The largest absolute Gasteiger partial charge is 0.235 e. The van der Waals surface area contributed by atoms with Crippen molar-refractivity contribution < 1.29 is 0 Å². The van der Waals surface area contributed by atoms with E-state index in [1.54, 1.807) is 4.52 Å². The lowest BCUT2D eigenvalue weighted by Crippen LogP contribution is -2.10. The molecule has 6 heteroatoms. The van der Waals surface area contributed by atoms with Gasteiger partial charge < -0.3 is 0 Å². The summed E-state index contributed by atoms with van der Waals surface area (Å²) >= 11 is 5.66. The van der Waals surface area contributed by atoms with Crippen LogP contribution in [-0.2, 0) is 5.41 Å². The van der Waals surface area contributed by atoms with Gasteiger partial charge in [0, 0.05) is 5.56 Å². The van der Waals surface area contributed by atoms with Crippen LogP contribution in [-0.4, -0.2) is 19.8 Å². The molecule has 0 fully saturated rings. The third-order valence-corrected chi connectivity index (χ3v) is 4.05. The highest BCUT2D eigenvalue weighted by molar-refractivity contribution is 7.82. The highest BCUT2D eigenvalue weighted by atomic mass is 32.2. The standard InChI is InChI=1S/C13H14N4S2/c1-13(2,3)9-6-4-8(5-7-9)10-14-15-11-17(10)16-12(18)19-11/h4-7H,1-3H3,(H,16,18). The van der Waals surface area contributed by atoms with Gasteiger partial charge in [-0.3, -0.25) is 0 Å². The number of fused-ring (bicyclic) bond motifs is 1. The Kier molecular flexibility index (Phi) is 2.87. The predicted molar refractivity (Wildman–Crippen MR) is 80.0 cm³/mol. The second-order valence-electron chi connectivity index (χ2n) is 5.43. The van der Waals surface area contributed by atoms with Gasteiger partial charge in [0.05, 0.1) is 0 Å². The number of hydrogen-bond acceptors (Lipinski definition) is 5. The van der Waals surface area contributed by atoms with Crippen molar-refractivity contribution in [1.29, 1.82) is 0 Å². The summed E-state index contributed by atoms with van der Waals surface area (Å²) in [5.74, 6) is 0.756. The van der Waals surface area contributed by atoms with Gasteiger partial charge in [0.25, 0.3) is 0 Å². The molecule has 1 aromatic carbocycles. The number of thiol groups is 1. The molecular weight excluding hydrogens is 276 g/mol. The average molecular weight is 290 g/mol. The first-order valence-electron chi connectivity index (χ1n) is 5.97. The quantitative estimate of drug-likeness (QED) is 0.698. The molecule has 0 radical (unpaired) electrons. The van der Waals surface area contributed by atoms with E-state index in [9.17, 15) is 0 Å². The van der Waals surface area contributed by atoms with Crippen LogP contribution in [0.15, 0.2) is 28.6 Å². The lowest BCUT2D eigenvalue weighted by atomic mass is 9.87. The molecule has 98 valence electrons. The lowest BCUT2D eigenvalue weighted by molar-refractivity contribution is 0.590. The van der Waals surface area contributed by atoms with E-state index >= 15 is 0 Å². The van der Waals surface area contributed by atoms with Crippen molar-refractivity contribution in [3.63, 3.8) is 0 Å². The highest BCUT2D eigenvalue weighted by Gasteiger charge is 2.15. The Morgan fingerprint density at radius 3 is 2.42 bits per heavy atom. The van der Waals surface area contributed by atoms with Gasteiger partial charge in [-0.15, -0.1) is 27.9 Å². The molecule has 0 unspecified atom stereocenters. The molecule has 0 saturated carbocycles. The molecule has 2 heterocycles. The zero-order valence-electron chi connectivity index (χ0n) is 11.0. The van der Waals surface area contributed by atoms with Gasteiger partial charge in [-0.1, -0.05) is 56.4 Å². The van der Waals surface area contributed by atoms with E-state index in [1.165, 1.54) is 16.9 Å². The smallest absolute Gasteiger partial charge is 0.182 e. The number of hydrogen-bond donors (Lipinski definition) is 1. The molecule has 0 aliphatic carbocycles. The fourth-order valence-electron chi connectivity index (χ4n) is 1.91. The number of nitrogens with zero attached hydrogens (tertiary/aromatic N) is 4. The minimum atomic E-state index is 0.150. The summed E-state index contributed by atoms with van der Waals surface area (Å²) in [6, 6.07) is 8.39. The molecule has 0 aliphatic heterocycles. The van der Waals surface area contributed by atoms with Crippen LogP contribution >= 0.6 is 24.0 Å². The van der Waals surface area contributed by atoms with Crippen molar-refractivity contribution in [3.8, 4) is 11.4 Å². The average Bonchev–Trinajstić information content (AvgIpc) is 2.86. The maximum Gasteiger partial charge on any atom is 0.235 e.